The lowest BCUT2D eigenvalue weighted by Crippen LogP contribution is -2.44. The molecular weight excluding hydrogens is 172 g/mol. The van der Waals surface area contributed by atoms with Gasteiger partial charge in [-0.3, -0.25) is 0 Å². The summed E-state index contributed by atoms with van der Waals surface area (Å²) in [7, 11) is 0. The van der Waals surface area contributed by atoms with E-state index >= 15 is 0 Å². The van der Waals surface area contributed by atoms with Gasteiger partial charge in [-0.1, -0.05) is 12.2 Å². The smallest absolute Gasteiger partial charge is 0.167 e. The van der Waals surface area contributed by atoms with Gasteiger partial charge in [0.05, 0.1) is 12.5 Å². The van der Waals surface area contributed by atoms with E-state index in [2.05, 4.69) is 0 Å². The van der Waals surface area contributed by atoms with E-state index in [1.165, 1.54) is 0 Å². The Hall–Kier alpha value is -0.420. The van der Waals surface area contributed by atoms with E-state index in [-0.39, 0.29) is 18.4 Å². The molecule has 0 aromatic carbocycles. The van der Waals surface area contributed by atoms with Crippen LogP contribution in [0.1, 0.15) is 6.42 Å². The van der Waals surface area contributed by atoms with Crippen molar-refractivity contribution in [3.8, 4) is 0 Å². The van der Waals surface area contributed by atoms with Crippen molar-refractivity contribution in [2.75, 3.05) is 6.61 Å². The van der Waals surface area contributed by atoms with Gasteiger partial charge in [0.15, 0.2) is 12.6 Å². The summed E-state index contributed by atoms with van der Waals surface area (Å²) in [5, 5.41) is 19.4. The van der Waals surface area contributed by atoms with Crippen molar-refractivity contribution in [2.24, 2.45) is 11.8 Å². The van der Waals surface area contributed by atoms with Crippen molar-refractivity contribution in [3.05, 3.63) is 12.2 Å². The van der Waals surface area contributed by atoms with Crippen LogP contribution in [0.5, 0.6) is 0 Å². The summed E-state index contributed by atoms with van der Waals surface area (Å²) >= 11 is 0. The van der Waals surface area contributed by atoms with Gasteiger partial charge in [-0.15, -0.1) is 0 Å². The Bertz CT molecular complexity index is 264. The third-order valence-electron chi connectivity index (χ3n) is 3.21. The van der Waals surface area contributed by atoms with Crippen LogP contribution in [0.3, 0.4) is 0 Å². The first-order valence-electron chi connectivity index (χ1n) is 4.56. The Morgan fingerprint density at radius 3 is 3.15 bits per heavy atom. The quantitative estimate of drug-likeness (QED) is 0.504. The average molecular weight is 184 g/mol. The summed E-state index contributed by atoms with van der Waals surface area (Å²) in [6.45, 7) is 0.280. The third kappa shape index (κ3) is 0.942. The van der Waals surface area contributed by atoms with Crippen molar-refractivity contribution in [3.63, 3.8) is 0 Å². The van der Waals surface area contributed by atoms with Gasteiger partial charge in [-0.05, 0) is 5.92 Å². The van der Waals surface area contributed by atoms with E-state index in [0.29, 0.717) is 6.42 Å². The van der Waals surface area contributed by atoms with E-state index in [0.717, 1.165) is 0 Å². The molecule has 0 saturated carbocycles. The standard InChI is InChI=1S/C9H12O4/c10-6-3-5-1-2-9(11)4-12-8(13-6)7(5)9/h1-2,5-8,10-11H,3-4H2/t5?,6-,7?,8-,9+/m0/s1. The predicted molar refractivity (Wildman–Crippen MR) is 42.5 cm³/mol. The molecule has 0 radical (unpaired) electrons. The van der Waals surface area contributed by atoms with Gasteiger partial charge in [0, 0.05) is 6.42 Å². The van der Waals surface area contributed by atoms with Crippen molar-refractivity contribution in [1.82, 2.24) is 0 Å². The summed E-state index contributed by atoms with van der Waals surface area (Å²) in [4.78, 5) is 0. The molecule has 0 bridgehead atoms. The van der Waals surface area contributed by atoms with Crippen LogP contribution in [0.25, 0.3) is 0 Å². The molecule has 2 aliphatic heterocycles. The number of ether oxygens (including phenoxy) is 2. The number of hydrogen-bond acceptors (Lipinski definition) is 4. The molecule has 2 saturated heterocycles. The van der Waals surface area contributed by atoms with Crippen LogP contribution in [0, 0.1) is 11.8 Å². The molecule has 0 aromatic rings. The second-order valence-electron chi connectivity index (χ2n) is 4.05. The van der Waals surface area contributed by atoms with E-state index in [9.17, 15) is 10.2 Å². The van der Waals surface area contributed by atoms with Gasteiger partial charge in [0.25, 0.3) is 0 Å². The van der Waals surface area contributed by atoms with Crippen molar-refractivity contribution in [1.29, 1.82) is 0 Å². The number of allylic oxidation sites excluding steroid dienone is 1. The minimum atomic E-state index is -0.852. The van der Waals surface area contributed by atoms with Crippen LogP contribution in [-0.4, -0.2) is 35.0 Å². The lowest BCUT2D eigenvalue weighted by Gasteiger charge is -2.34. The zero-order valence-electron chi connectivity index (χ0n) is 7.09. The number of aliphatic hydroxyl groups excluding tert-OH is 1. The minimum absolute atomic E-state index is 0.0177. The van der Waals surface area contributed by atoms with Gasteiger partial charge in [-0.25, -0.2) is 0 Å². The normalized spacial score (nSPS) is 58.3. The van der Waals surface area contributed by atoms with Crippen LogP contribution >= 0.6 is 0 Å². The first-order chi connectivity index (χ1) is 6.19. The number of hydrogen-bond donors (Lipinski definition) is 2. The Balaban J connectivity index is 1.95. The highest BCUT2D eigenvalue weighted by Crippen LogP contribution is 2.48. The van der Waals surface area contributed by atoms with Crippen LogP contribution in [0.4, 0.5) is 0 Å². The predicted octanol–water partition coefficient (Wildman–Crippen LogP) is -0.385. The maximum Gasteiger partial charge on any atom is 0.167 e. The largest absolute Gasteiger partial charge is 0.383 e. The molecule has 3 aliphatic rings. The Morgan fingerprint density at radius 2 is 2.31 bits per heavy atom. The van der Waals surface area contributed by atoms with Gasteiger partial charge in [0.2, 0.25) is 0 Å². The molecule has 0 amide bonds. The number of aliphatic hydroxyl groups is 2. The van der Waals surface area contributed by atoms with Gasteiger partial charge < -0.3 is 19.7 Å². The van der Waals surface area contributed by atoms with Gasteiger partial charge in [0.1, 0.15) is 5.60 Å². The molecule has 13 heavy (non-hydrogen) atoms. The summed E-state index contributed by atoms with van der Waals surface area (Å²) < 4.78 is 10.5. The summed E-state index contributed by atoms with van der Waals surface area (Å²) in [6.07, 6.45) is 3.11. The molecule has 0 aromatic heterocycles. The second kappa shape index (κ2) is 2.33. The third-order valence-corrected chi connectivity index (χ3v) is 3.21. The molecule has 0 spiro atoms. The summed E-state index contributed by atoms with van der Waals surface area (Å²) in [6, 6.07) is 0. The van der Waals surface area contributed by atoms with Crippen molar-refractivity contribution < 1.29 is 19.7 Å². The molecule has 1 aliphatic carbocycles. The lowest BCUT2D eigenvalue weighted by molar-refractivity contribution is -0.257. The molecule has 72 valence electrons. The van der Waals surface area contributed by atoms with Crippen LogP contribution in [0.15, 0.2) is 12.2 Å². The molecular formula is C9H12O4. The van der Waals surface area contributed by atoms with E-state index < -0.39 is 18.2 Å². The Kier molecular flexibility index (Phi) is 1.42. The van der Waals surface area contributed by atoms with E-state index in [1.807, 2.05) is 6.08 Å². The molecule has 2 unspecified atom stereocenters. The molecule has 2 fully saturated rings. The summed E-state index contributed by atoms with van der Waals surface area (Å²) in [5.74, 6) is 0.178. The molecule has 3 rings (SSSR count). The monoisotopic (exact) mass is 184 g/mol. The fraction of sp³-hybridized carbons (Fsp3) is 0.778. The zero-order valence-corrected chi connectivity index (χ0v) is 7.09. The number of rotatable bonds is 0. The second-order valence-corrected chi connectivity index (χ2v) is 4.05. The molecule has 4 heteroatoms. The van der Waals surface area contributed by atoms with Crippen LogP contribution < -0.4 is 0 Å². The fourth-order valence-electron chi connectivity index (χ4n) is 2.59. The maximum absolute atomic E-state index is 10.0. The zero-order chi connectivity index (χ0) is 9.05. The van der Waals surface area contributed by atoms with Crippen molar-refractivity contribution in [2.45, 2.75) is 24.6 Å². The van der Waals surface area contributed by atoms with Crippen molar-refractivity contribution >= 4 is 0 Å². The fourth-order valence-corrected chi connectivity index (χ4v) is 2.59. The van der Waals surface area contributed by atoms with Crippen LogP contribution in [0.2, 0.25) is 0 Å². The van der Waals surface area contributed by atoms with E-state index in [4.69, 9.17) is 9.47 Å². The minimum Gasteiger partial charge on any atom is -0.383 e. The highest BCUT2D eigenvalue weighted by molar-refractivity contribution is 5.20. The topological polar surface area (TPSA) is 58.9 Å². The highest BCUT2D eigenvalue weighted by Gasteiger charge is 2.57. The maximum atomic E-state index is 10.0. The molecule has 5 atom stereocenters. The molecule has 2 heterocycles. The molecule has 2 N–H and O–H groups in total. The Morgan fingerprint density at radius 1 is 1.46 bits per heavy atom. The Labute approximate surface area is 75.8 Å². The molecule has 4 nitrogen and oxygen atoms in total. The highest BCUT2D eigenvalue weighted by atomic mass is 16.7. The summed E-state index contributed by atoms with van der Waals surface area (Å²) in [5.41, 5.74) is -0.852. The lowest BCUT2D eigenvalue weighted by atomic mass is 9.83. The SMILES string of the molecule is O[C@@H]1CC2C=C[C@@]3(O)CO[C@@H](O1)C23. The van der Waals surface area contributed by atoms with Gasteiger partial charge >= 0.3 is 0 Å². The van der Waals surface area contributed by atoms with Crippen LogP contribution in [-0.2, 0) is 9.47 Å². The average Bonchev–Trinajstić information content (AvgIpc) is 2.56. The van der Waals surface area contributed by atoms with Gasteiger partial charge in [-0.2, -0.15) is 0 Å². The van der Waals surface area contributed by atoms with E-state index in [1.54, 1.807) is 6.08 Å². The first-order valence-corrected chi connectivity index (χ1v) is 4.56. The first kappa shape index (κ1) is 7.94.